The lowest BCUT2D eigenvalue weighted by atomic mass is 10.0. The lowest BCUT2D eigenvalue weighted by Crippen LogP contribution is -2.26. The smallest absolute Gasteiger partial charge is 0.194 e. The van der Waals surface area contributed by atoms with Crippen LogP contribution in [-0.4, -0.2) is 23.2 Å². The molecule has 0 spiro atoms. The first-order chi connectivity index (χ1) is 10.6. The number of nitrogens with zero attached hydrogens (tertiary/aromatic N) is 1. The molecule has 0 amide bonds. The fourth-order valence-electron chi connectivity index (χ4n) is 2.15. The summed E-state index contributed by atoms with van der Waals surface area (Å²) in [5, 5.41) is 12.4. The third kappa shape index (κ3) is 4.54. The molecule has 0 radical (unpaired) electrons. The van der Waals surface area contributed by atoms with Gasteiger partial charge in [0.05, 0.1) is 0 Å². The molecule has 6 heteroatoms. The van der Waals surface area contributed by atoms with E-state index in [0.29, 0.717) is 18.5 Å². The average molecular weight is 310 g/mol. The van der Waals surface area contributed by atoms with Crippen LogP contribution in [0.5, 0.6) is 0 Å². The Labute approximate surface area is 126 Å². The van der Waals surface area contributed by atoms with Crippen LogP contribution >= 0.6 is 0 Å². The lowest BCUT2D eigenvalue weighted by molar-refractivity contribution is 0.220. The van der Waals surface area contributed by atoms with Gasteiger partial charge in [0.15, 0.2) is 17.5 Å². The fraction of sp³-hybridized carbons (Fsp3) is 0.312. The second-order valence-electron chi connectivity index (χ2n) is 5.08. The molecule has 1 aromatic carbocycles. The summed E-state index contributed by atoms with van der Waals surface area (Å²) >= 11 is 0. The standard InChI is InChI=1S/C16H17F3N2O/c17-14-6-11(7-15(18)16(14)19)8-20-9-12(10-22)5-13-3-1-2-4-21-13/h1-4,6-7,12,20,22H,5,8-10H2. The van der Waals surface area contributed by atoms with Gasteiger partial charge in [0.2, 0.25) is 0 Å². The zero-order chi connectivity index (χ0) is 15.9. The number of hydrogen-bond donors (Lipinski definition) is 2. The molecule has 1 atom stereocenters. The van der Waals surface area contributed by atoms with E-state index in [2.05, 4.69) is 10.3 Å². The molecule has 0 saturated heterocycles. The van der Waals surface area contributed by atoms with Crippen molar-refractivity contribution in [2.24, 2.45) is 5.92 Å². The predicted octanol–water partition coefficient (Wildman–Crippen LogP) is 2.44. The summed E-state index contributed by atoms with van der Waals surface area (Å²) < 4.78 is 39.0. The largest absolute Gasteiger partial charge is 0.396 e. The van der Waals surface area contributed by atoms with Gasteiger partial charge in [-0.2, -0.15) is 0 Å². The Morgan fingerprint density at radius 3 is 2.45 bits per heavy atom. The van der Waals surface area contributed by atoms with E-state index in [-0.39, 0.29) is 19.1 Å². The second kappa shape index (κ2) is 7.91. The Bertz CT molecular complexity index is 585. The normalized spacial score (nSPS) is 12.4. The number of pyridine rings is 1. The van der Waals surface area contributed by atoms with Crippen molar-refractivity contribution in [2.75, 3.05) is 13.2 Å². The summed E-state index contributed by atoms with van der Waals surface area (Å²) in [6.45, 7) is 0.607. The monoisotopic (exact) mass is 310 g/mol. The highest BCUT2D eigenvalue weighted by atomic mass is 19.2. The molecule has 0 aliphatic carbocycles. The molecule has 0 fully saturated rings. The number of aliphatic hydroxyl groups is 1. The molecule has 0 bridgehead atoms. The van der Waals surface area contributed by atoms with Crippen molar-refractivity contribution < 1.29 is 18.3 Å². The summed E-state index contributed by atoms with van der Waals surface area (Å²) in [5.74, 6) is -3.94. The summed E-state index contributed by atoms with van der Waals surface area (Å²) in [4.78, 5) is 4.19. The van der Waals surface area contributed by atoms with E-state index in [9.17, 15) is 18.3 Å². The van der Waals surface area contributed by atoms with Crippen LogP contribution < -0.4 is 5.32 Å². The minimum atomic E-state index is -1.47. The van der Waals surface area contributed by atoms with Crippen LogP contribution in [0.15, 0.2) is 36.5 Å². The van der Waals surface area contributed by atoms with Crippen LogP contribution in [0.1, 0.15) is 11.3 Å². The maximum Gasteiger partial charge on any atom is 0.194 e. The van der Waals surface area contributed by atoms with Crippen LogP contribution in [0.25, 0.3) is 0 Å². The molecule has 22 heavy (non-hydrogen) atoms. The molecule has 1 heterocycles. The van der Waals surface area contributed by atoms with Gasteiger partial charge in [-0.25, -0.2) is 13.2 Å². The Morgan fingerprint density at radius 1 is 1.14 bits per heavy atom. The highest BCUT2D eigenvalue weighted by Crippen LogP contribution is 2.13. The Kier molecular flexibility index (Phi) is 5.91. The van der Waals surface area contributed by atoms with Gasteiger partial charge < -0.3 is 10.4 Å². The SMILES string of the molecule is OCC(CNCc1cc(F)c(F)c(F)c1)Cc1ccccn1. The molecule has 0 aliphatic rings. The number of benzene rings is 1. The first-order valence-corrected chi connectivity index (χ1v) is 6.95. The number of rotatable bonds is 7. The molecular weight excluding hydrogens is 293 g/mol. The second-order valence-corrected chi connectivity index (χ2v) is 5.08. The maximum absolute atomic E-state index is 13.1. The van der Waals surface area contributed by atoms with Gasteiger partial charge in [-0.1, -0.05) is 6.07 Å². The molecule has 3 nitrogen and oxygen atoms in total. The quantitative estimate of drug-likeness (QED) is 0.772. The lowest BCUT2D eigenvalue weighted by Gasteiger charge is -2.15. The number of halogens is 3. The molecule has 0 saturated carbocycles. The molecule has 2 N–H and O–H groups in total. The number of nitrogens with one attached hydrogen (secondary N) is 1. The van der Waals surface area contributed by atoms with Crippen molar-refractivity contribution in [3.63, 3.8) is 0 Å². The molecule has 2 aromatic rings. The highest BCUT2D eigenvalue weighted by Gasteiger charge is 2.12. The summed E-state index contributed by atoms with van der Waals surface area (Å²) in [5.41, 5.74) is 1.17. The maximum atomic E-state index is 13.1. The van der Waals surface area contributed by atoms with E-state index in [4.69, 9.17) is 0 Å². The van der Waals surface area contributed by atoms with Crippen molar-refractivity contribution in [1.82, 2.24) is 10.3 Å². The van der Waals surface area contributed by atoms with Gasteiger partial charge in [0.1, 0.15) is 0 Å². The van der Waals surface area contributed by atoms with Crippen molar-refractivity contribution in [3.8, 4) is 0 Å². The van der Waals surface area contributed by atoms with Crippen molar-refractivity contribution >= 4 is 0 Å². The number of aliphatic hydroxyl groups excluding tert-OH is 1. The minimum Gasteiger partial charge on any atom is -0.396 e. The fourth-order valence-corrected chi connectivity index (χ4v) is 2.15. The van der Waals surface area contributed by atoms with E-state index in [1.54, 1.807) is 6.20 Å². The molecule has 0 aliphatic heterocycles. The van der Waals surface area contributed by atoms with E-state index in [1.165, 1.54) is 0 Å². The molecular formula is C16H17F3N2O. The number of hydrogen-bond acceptors (Lipinski definition) is 3. The third-order valence-corrected chi connectivity index (χ3v) is 3.29. The van der Waals surface area contributed by atoms with Gasteiger partial charge >= 0.3 is 0 Å². The molecule has 118 valence electrons. The van der Waals surface area contributed by atoms with E-state index in [1.807, 2.05) is 18.2 Å². The van der Waals surface area contributed by atoms with Gasteiger partial charge in [0.25, 0.3) is 0 Å². The Balaban J connectivity index is 1.86. The highest BCUT2D eigenvalue weighted by molar-refractivity contribution is 5.19. The van der Waals surface area contributed by atoms with Crippen molar-refractivity contribution in [2.45, 2.75) is 13.0 Å². The van der Waals surface area contributed by atoms with Gasteiger partial charge in [-0.15, -0.1) is 0 Å². The van der Waals surface area contributed by atoms with Crippen LogP contribution in [-0.2, 0) is 13.0 Å². The minimum absolute atomic E-state index is 0.0320. The Morgan fingerprint density at radius 2 is 1.86 bits per heavy atom. The molecule has 2 rings (SSSR count). The van der Waals surface area contributed by atoms with Crippen LogP contribution in [0.2, 0.25) is 0 Å². The van der Waals surface area contributed by atoms with Crippen molar-refractivity contribution in [3.05, 3.63) is 65.2 Å². The first-order valence-electron chi connectivity index (χ1n) is 6.95. The Hall–Kier alpha value is -1.92. The van der Waals surface area contributed by atoms with Gasteiger partial charge in [-0.3, -0.25) is 4.98 Å². The zero-order valence-electron chi connectivity index (χ0n) is 11.9. The summed E-state index contributed by atoms with van der Waals surface area (Å²) in [7, 11) is 0. The zero-order valence-corrected chi connectivity index (χ0v) is 11.9. The summed E-state index contributed by atoms with van der Waals surface area (Å²) in [6, 6.07) is 7.46. The van der Waals surface area contributed by atoms with Gasteiger partial charge in [0, 0.05) is 31.6 Å². The topological polar surface area (TPSA) is 45.1 Å². The summed E-state index contributed by atoms with van der Waals surface area (Å²) in [6.07, 6.45) is 2.28. The number of aromatic nitrogens is 1. The van der Waals surface area contributed by atoms with Crippen molar-refractivity contribution in [1.29, 1.82) is 0 Å². The average Bonchev–Trinajstić information content (AvgIpc) is 2.52. The van der Waals surface area contributed by atoms with Crippen LogP contribution in [0, 0.1) is 23.4 Å². The molecule has 1 unspecified atom stereocenters. The van der Waals surface area contributed by atoms with Crippen LogP contribution in [0.3, 0.4) is 0 Å². The first kappa shape index (κ1) is 16.5. The van der Waals surface area contributed by atoms with Gasteiger partial charge in [-0.05, 0) is 42.2 Å². The van der Waals surface area contributed by atoms with E-state index < -0.39 is 17.5 Å². The predicted molar refractivity (Wildman–Crippen MR) is 76.5 cm³/mol. The van der Waals surface area contributed by atoms with E-state index in [0.717, 1.165) is 17.8 Å². The molecule has 1 aromatic heterocycles. The van der Waals surface area contributed by atoms with E-state index >= 15 is 0 Å². The third-order valence-electron chi connectivity index (χ3n) is 3.29. The van der Waals surface area contributed by atoms with Crippen LogP contribution in [0.4, 0.5) is 13.2 Å².